The molecular formula is C12H17O2P. The van der Waals surface area contributed by atoms with Gasteiger partial charge in [-0.15, -0.1) is 6.58 Å². The molecule has 0 aromatic carbocycles. The molecule has 0 aromatic rings. The second kappa shape index (κ2) is 7.36. The van der Waals surface area contributed by atoms with E-state index in [1.165, 1.54) is 0 Å². The lowest BCUT2D eigenvalue weighted by Gasteiger charge is -2.13. The minimum absolute atomic E-state index is 0.115. The highest BCUT2D eigenvalue weighted by Gasteiger charge is 2.19. The van der Waals surface area contributed by atoms with Gasteiger partial charge in [0.2, 0.25) is 0 Å². The maximum Gasteiger partial charge on any atom is 0.345 e. The molecule has 0 heterocycles. The third-order valence-corrected chi connectivity index (χ3v) is 3.32. The monoisotopic (exact) mass is 224 g/mol. The highest BCUT2D eigenvalue weighted by Crippen LogP contribution is 2.46. The molecule has 2 nitrogen and oxygen atoms in total. The predicted molar refractivity (Wildman–Crippen MR) is 64.5 cm³/mol. The fourth-order valence-corrected chi connectivity index (χ4v) is 2.40. The minimum Gasteiger partial charge on any atom is -0.308 e. The van der Waals surface area contributed by atoms with E-state index in [0.29, 0.717) is 0 Å². The van der Waals surface area contributed by atoms with Crippen LogP contribution in [0, 0.1) is 23.2 Å². The van der Waals surface area contributed by atoms with Gasteiger partial charge in [-0.05, 0) is 33.6 Å². The van der Waals surface area contributed by atoms with E-state index >= 15 is 0 Å². The molecule has 0 radical (unpaired) electrons. The Morgan fingerprint density at radius 1 is 1.40 bits per heavy atom. The van der Waals surface area contributed by atoms with Crippen LogP contribution in [0.5, 0.6) is 0 Å². The lowest BCUT2D eigenvalue weighted by Crippen LogP contribution is -2.04. The average Bonchev–Trinajstić information content (AvgIpc) is 2.15. The van der Waals surface area contributed by atoms with Crippen LogP contribution in [-0.4, -0.2) is 6.10 Å². The molecule has 1 atom stereocenters. The van der Waals surface area contributed by atoms with E-state index in [2.05, 4.69) is 29.7 Å². The standard InChI is InChI=1S/C12H17O2P/c1-5-8-9-12(4)14-15(13,10-6-2)11-7-3/h5,12H,1,8-9H2,2-4H3. The topological polar surface area (TPSA) is 26.3 Å². The summed E-state index contributed by atoms with van der Waals surface area (Å²) in [7, 11) is -3.07. The summed E-state index contributed by atoms with van der Waals surface area (Å²) in [5.41, 5.74) is 5.10. The van der Waals surface area contributed by atoms with Crippen LogP contribution in [0.4, 0.5) is 0 Å². The molecular weight excluding hydrogens is 207 g/mol. The third-order valence-electron chi connectivity index (χ3n) is 1.62. The Hall–Kier alpha value is -0.950. The summed E-state index contributed by atoms with van der Waals surface area (Å²) in [6, 6.07) is 0. The van der Waals surface area contributed by atoms with Crippen molar-refractivity contribution in [2.75, 3.05) is 0 Å². The van der Waals surface area contributed by atoms with Gasteiger partial charge in [-0.25, -0.2) is 0 Å². The van der Waals surface area contributed by atoms with Crippen LogP contribution in [0.3, 0.4) is 0 Å². The van der Waals surface area contributed by atoms with Crippen molar-refractivity contribution in [2.45, 2.75) is 39.7 Å². The van der Waals surface area contributed by atoms with E-state index in [0.717, 1.165) is 12.8 Å². The first-order valence-electron chi connectivity index (χ1n) is 4.85. The van der Waals surface area contributed by atoms with E-state index in [4.69, 9.17) is 4.52 Å². The molecule has 0 rings (SSSR count). The van der Waals surface area contributed by atoms with Crippen molar-refractivity contribution in [3.8, 4) is 23.2 Å². The normalized spacial score (nSPS) is 11.7. The maximum absolute atomic E-state index is 12.0. The van der Waals surface area contributed by atoms with E-state index < -0.39 is 7.37 Å². The van der Waals surface area contributed by atoms with Gasteiger partial charge in [-0.2, -0.15) is 0 Å². The van der Waals surface area contributed by atoms with Gasteiger partial charge in [-0.1, -0.05) is 17.9 Å². The van der Waals surface area contributed by atoms with Crippen molar-refractivity contribution in [3.63, 3.8) is 0 Å². The van der Waals surface area contributed by atoms with Gasteiger partial charge in [0.05, 0.1) is 6.10 Å². The fourth-order valence-electron chi connectivity index (χ4n) is 1.03. The van der Waals surface area contributed by atoms with Crippen molar-refractivity contribution >= 4 is 7.37 Å². The largest absolute Gasteiger partial charge is 0.345 e. The summed E-state index contributed by atoms with van der Waals surface area (Å²) in [6.07, 6.45) is 3.31. The Bertz CT molecular complexity index is 339. The van der Waals surface area contributed by atoms with E-state index in [1.807, 2.05) is 13.0 Å². The minimum atomic E-state index is -3.07. The summed E-state index contributed by atoms with van der Waals surface area (Å²) in [4.78, 5) is 0. The maximum atomic E-state index is 12.0. The van der Waals surface area contributed by atoms with Gasteiger partial charge in [0.1, 0.15) is 0 Å². The zero-order valence-corrected chi connectivity index (χ0v) is 10.4. The molecule has 0 saturated carbocycles. The summed E-state index contributed by atoms with van der Waals surface area (Å²) >= 11 is 0. The van der Waals surface area contributed by atoms with Gasteiger partial charge >= 0.3 is 7.37 Å². The molecule has 0 aliphatic carbocycles. The number of hydrogen-bond acceptors (Lipinski definition) is 2. The summed E-state index contributed by atoms with van der Waals surface area (Å²) < 4.78 is 17.4. The highest BCUT2D eigenvalue weighted by molar-refractivity contribution is 7.69. The highest BCUT2D eigenvalue weighted by atomic mass is 31.2. The molecule has 0 aliphatic rings. The Kier molecular flexibility index (Phi) is 6.89. The molecule has 15 heavy (non-hydrogen) atoms. The van der Waals surface area contributed by atoms with Crippen LogP contribution in [0.2, 0.25) is 0 Å². The zero-order chi connectivity index (χ0) is 11.7. The van der Waals surface area contributed by atoms with Crippen molar-refractivity contribution in [3.05, 3.63) is 12.7 Å². The van der Waals surface area contributed by atoms with Crippen molar-refractivity contribution in [2.24, 2.45) is 0 Å². The van der Waals surface area contributed by atoms with E-state index in [9.17, 15) is 4.57 Å². The molecule has 0 N–H and O–H groups in total. The Morgan fingerprint density at radius 2 is 1.93 bits per heavy atom. The molecule has 1 unspecified atom stereocenters. The van der Waals surface area contributed by atoms with Crippen LogP contribution in [0.25, 0.3) is 0 Å². The van der Waals surface area contributed by atoms with Gasteiger partial charge in [0.15, 0.2) is 0 Å². The number of rotatable bonds is 5. The van der Waals surface area contributed by atoms with Gasteiger partial charge in [0, 0.05) is 11.3 Å². The van der Waals surface area contributed by atoms with Gasteiger partial charge in [0.25, 0.3) is 0 Å². The smallest absolute Gasteiger partial charge is 0.308 e. The molecule has 0 amide bonds. The SMILES string of the molecule is C=CCCC(C)OP(=O)(C#CC)C#CC. The lowest BCUT2D eigenvalue weighted by atomic mass is 10.2. The first-order chi connectivity index (χ1) is 7.08. The molecule has 0 aromatic heterocycles. The van der Waals surface area contributed by atoms with Crippen molar-refractivity contribution in [1.29, 1.82) is 0 Å². The summed E-state index contributed by atoms with van der Waals surface area (Å²) in [5.74, 6) is 5.19. The molecule has 0 aliphatic heterocycles. The first kappa shape index (κ1) is 14.1. The average molecular weight is 224 g/mol. The molecule has 0 bridgehead atoms. The predicted octanol–water partition coefficient (Wildman–Crippen LogP) is 3.60. The molecule has 82 valence electrons. The number of hydrogen-bond donors (Lipinski definition) is 0. The fraction of sp³-hybridized carbons (Fsp3) is 0.500. The zero-order valence-electron chi connectivity index (χ0n) is 9.54. The van der Waals surface area contributed by atoms with E-state index in [-0.39, 0.29) is 6.10 Å². The Balaban J connectivity index is 4.51. The summed E-state index contributed by atoms with van der Waals surface area (Å²) in [6.45, 7) is 8.74. The number of allylic oxidation sites excluding steroid dienone is 1. The van der Waals surface area contributed by atoms with Crippen molar-refractivity contribution in [1.82, 2.24) is 0 Å². The van der Waals surface area contributed by atoms with Crippen LogP contribution in [0.1, 0.15) is 33.6 Å². The van der Waals surface area contributed by atoms with Crippen molar-refractivity contribution < 1.29 is 9.09 Å². The van der Waals surface area contributed by atoms with E-state index in [1.54, 1.807) is 13.8 Å². The molecule has 3 heteroatoms. The molecule has 0 fully saturated rings. The summed E-state index contributed by atoms with van der Waals surface area (Å²) in [5, 5.41) is 0. The van der Waals surface area contributed by atoms with Crippen LogP contribution < -0.4 is 0 Å². The quantitative estimate of drug-likeness (QED) is 0.405. The second-order valence-electron chi connectivity index (χ2n) is 3.06. The Morgan fingerprint density at radius 3 is 2.33 bits per heavy atom. The Labute approximate surface area is 92.6 Å². The lowest BCUT2D eigenvalue weighted by molar-refractivity contribution is 0.224. The van der Waals surface area contributed by atoms with Crippen LogP contribution in [0.15, 0.2) is 12.7 Å². The first-order valence-corrected chi connectivity index (χ1v) is 6.47. The third kappa shape index (κ3) is 6.19. The molecule has 0 saturated heterocycles. The molecule has 0 spiro atoms. The van der Waals surface area contributed by atoms with Crippen LogP contribution >= 0.6 is 7.37 Å². The van der Waals surface area contributed by atoms with Gasteiger partial charge < -0.3 is 4.52 Å². The van der Waals surface area contributed by atoms with Gasteiger partial charge in [-0.3, -0.25) is 4.57 Å². The second-order valence-corrected chi connectivity index (χ2v) is 4.82. The van der Waals surface area contributed by atoms with Crippen LogP contribution in [-0.2, 0) is 9.09 Å².